The van der Waals surface area contributed by atoms with Crippen LogP contribution in [0.15, 0.2) is 12.1 Å². The second-order valence-corrected chi connectivity index (χ2v) is 5.48. The fraction of sp³-hybridized carbons (Fsp3) is 0.600. The number of anilines is 1. The molecule has 0 amide bonds. The predicted octanol–water partition coefficient (Wildman–Crippen LogP) is 1.77. The lowest BCUT2D eigenvalue weighted by Crippen LogP contribution is -2.50. The molecule has 1 aromatic rings. The molecule has 0 bridgehead atoms. The lowest BCUT2D eigenvalue weighted by Gasteiger charge is -2.40. The Labute approximate surface area is 118 Å². The minimum absolute atomic E-state index is 0.0482. The number of hydrogen-bond donors (Lipinski definition) is 2. The van der Waals surface area contributed by atoms with E-state index in [0.717, 1.165) is 5.69 Å². The van der Waals surface area contributed by atoms with Crippen LogP contribution in [0.25, 0.3) is 0 Å². The standard InChI is InChI=1S/C15H22FNO3/c1-9-4-15(13(11(3)19)5-14(9)16)17-6-12(7-18)20-8-10(17)2/h4-5,10-12,18-19H,6-8H2,1-3H3. The molecule has 1 heterocycles. The lowest BCUT2D eigenvalue weighted by atomic mass is 10.0. The molecule has 2 N–H and O–H groups in total. The third-order valence-electron chi connectivity index (χ3n) is 3.78. The van der Waals surface area contributed by atoms with Gasteiger partial charge in [0.25, 0.3) is 0 Å². The number of aliphatic hydroxyl groups excluding tert-OH is 2. The van der Waals surface area contributed by atoms with Gasteiger partial charge in [-0.15, -0.1) is 0 Å². The van der Waals surface area contributed by atoms with Crippen LogP contribution in [0.3, 0.4) is 0 Å². The van der Waals surface area contributed by atoms with Crippen LogP contribution in [-0.2, 0) is 4.74 Å². The molecule has 4 nitrogen and oxygen atoms in total. The molecule has 112 valence electrons. The van der Waals surface area contributed by atoms with Gasteiger partial charge in [-0.05, 0) is 38.5 Å². The Kier molecular flexibility index (Phi) is 4.62. The van der Waals surface area contributed by atoms with Gasteiger partial charge in [-0.1, -0.05) is 0 Å². The first kappa shape index (κ1) is 15.2. The second-order valence-electron chi connectivity index (χ2n) is 5.48. The molecule has 1 aliphatic heterocycles. The van der Waals surface area contributed by atoms with E-state index >= 15 is 0 Å². The van der Waals surface area contributed by atoms with E-state index in [1.807, 2.05) is 6.92 Å². The van der Waals surface area contributed by atoms with Crippen LogP contribution in [-0.4, -0.2) is 42.1 Å². The summed E-state index contributed by atoms with van der Waals surface area (Å²) >= 11 is 0. The van der Waals surface area contributed by atoms with Crippen LogP contribution < -0.4 is 4.90 Å². The Hall–Kier alpha value is -1.17. The second kappa shape index (κ2) is 6.08. The fourth-order valence-corrected chi connectivity index (χ4v) is 2.53. The minimum Gasteiger partial charge on any atom is -0.394 e. The maximum absolute atomic E-state index is 13.7. The van der Waals surface area contributed by atoms with Crippen molar-refractivity contribution in [3.8, 4) is 0 Å². The number of hydrogen-bond acceptors (Lipinski definition) is 4. The first-order valence-corrected chi connectivity index (χ1v) is 6.91. The van der Waals surface area contributed by atoms with Gasteiger partial charge in [-0.3, -0.25) is 0 Å². The van der Waals surface area contributed by atoms with E-state index in [1.165, 1.54) is 6.07 Å². The summed E-state index contributed by atoms with van der Waals surface area (Å²) in [5.74, 6) is -0.315. The molecule has 20 heavy (non-hydrogen) atoms. The molecule has 1 saturated heterocycles. The molecule has 3 atom stereocenters. The summed E-state index contributed by atoms with van der Waals surface area (Å²) in [7, 11) is 0. The minimum atomic E-state index is -0.747. The van der Waals surface area contributed by atoms with Crippen LogP contribution in [0.5, 0.6) is 0 Å². The first-order valence-electron chi connectivity index (χ1n) is 6.91. The summed E-state index contributed by atoms with van der Waals surface area (Å²) in [4.78, 5) is 2.07. The zero-order chi connectivity index (χ0) is 14.9. The van der Waals surface area contributed by atoms with Crippen molar-refractivity contribution in [2.75, 3.05) is 24.7 Å². The van der Waals surface area contributed by atoms with Gasteiger partial charge in [-0.2, -0.15) is 0 Å². The van der Waals surface area contributed by atoms with Crippen molar-refractivity contribution in [1.82, 2.24) is 0 Å². The summed E-state index contributed by atoms with van der Waals surface area (Å²) in [6.07, 6.45) is -0.999. The SMILES string of the molecule is Cc1cc(N2CC(CO)OCC2C)c(C(C)O)cc1F. The molecular weight excluding hydrogens is 261 g/mol. The third-order valence-corrected chi connectivity index (χ3v) is 3.78. The number of ether oxygens (including phenoxy) is 1. The monoisotopic (exact) mass is 283 g/mol. The van der Waals surface area contributed by atoms with E-state index in [4.69, 9.17) is 4.74 Å². The van der Waals surface area contributed by atoms with Crippen LogP contribution in [0.2, 0.25) is 0 Å². The Bertz CT molecular complexity index is 478. The third kappa shape index (κ3) is 2.95. The van der Waals surface area contributed by atoms with Crippen molar-refractivity contribution >= 4 is 5.69 Å². The van der Waals surface area contributed by atoms with Gasteiger partial charge in [0, 0.05) is 23.8 Å². The van der Waals surface area contributed by atoms with Gasteiger partial charge in [0.1, 0.15) is 5.82 Å². The molecule has 3 unspecified atom stereocenters. The maximum Gasteiger partial charge on any atom is 0.126 e. The predicted molar refractivity (Wildman–Crippen MR) is 75.4 cm³/mol. The Morgan fingerprint density at radius 2 is 2.20 bits per heavy atom. The van der Waals surface area contributed by atoms with Gasteiger partial charge in [0.15, 0.2) is 0 Å². The highest BCUT2D eigenvalue weighted by Gasteiger charge is 2.28. The van der Waals surface area contributed by atoms with Crippen LogP contribution in [0.4, 0.5) is 10.1 Å². The topological polar surface area (TPSA) is 52.9 Å². The Morgan fingerprint density at radius 1 is 1.50 bits per heavy atom. The van der Waals surface area contributed by atoms with Gasteiger partial charge in [0.2, 0.25) is 0 Å². The average Bonchev–Trinajstić information content (AvgIpc) is 2.42. The van der Waals surface area contributed by atoms with Crippen molar-refractivity contribution in [1.29, 1.82) is 0 Å². The lowest BCUT2D eigenvalue weighted by molar-refractivity contribution is -0.0104. The van der Waals surface area contributed by atoms with E-state index in [0.29, 0.717) is 24.3 Å². The van der Waals surface area contributed by atoms with Crippen LogP contribution in [0.1, 0.15) is 31.1 Å². The zero-order valence-electron chi connectivity index (χ0n) is 12.1. The number of aliphatic hydroxyl groups is 2. The molecule has 0 aliphatic carbocycles. The average molecular weight is 283 g/mol. The smallest absolute Gasteiger partial charge is 0.126 e. The zero-order valence-corrected chi connectivity index (χ0v) is 12.1. The van der Waals surface area contributed by atoms with Crippen molar-refractivity contribution in [2.45, 2.75) is 39.0 Å². The summed E-state index contributed by atoms with van der Waals surface area (Å²) in [5, 5.41) is 19.1. The highest BCUT2D eigenvalue weighted by atomic mass is 19.1. The van der Waals surface area contributed by atoms with E-state index in [-0.39, 0.29) is 24.6 Å². The molecule has 1 fully saturated rings. The van der Waals surface area contributed by atoms with Gasteiger partial charge in [-0.25, -0.2) is 4.39 Å². The molecule has 0 spiro atoms. The molecule has 1 aromatic carbocycles. The van der Waals surface area contributed by atoms with E-state index in [9.17, 15) is 14.6 Å². The normalized spacial score (nSPS) is 24.8. The van der Waals surface area contributed by atoms with E-state index < -0.39 is 6.10 Å². The maximum atomic E-state index is 13.7. The number of halogens is 1. The Balaban J connectivity index is 2.41. The largest absolute Gasteiger partial charge is 0.394 e. The van der Waals surface area contributed by atoms with E-state index in [1.54, 1.807) is 19.9 Å². The van der Waals surface area contributed by atoms with Gasteiger partial charge < -0.3 is 19.8 Å². The van der Waals surface area contributed by atoms with Gasteiger partial charge >= 0.3 is 0 Å². The van der Waals surface area contributed by atoms with Crippen molar-refractivity contribution in [3.63, 3.8) is 0 Å². The highest BCUT2D eigenvalue weighted by Crippen LogP contribution is 2.32. The Morgan fingerprint density at radius 3 is 2.80 bits per heavy atom. The van der Waals surface area contributed by atoms with Crippen LogP contribution in [0, 0.1) is 12.7 Å². The molecule has 0 saturated carbocycles. The van der Waals surface area contributed by atoms with Gasteiger partial charge in [0.05, 0.1) is 25.4 Å². The van der Waals surface area contributed by atoms with Crippen molar-refractivity contribution in [2.24, 2.45) is 0 Å². The molecule has 5 heteroatoms. The van der Waals surface area contributed by atoms with Crippen LogP contribution >= 0.6 is 0 Å². The summed E-state index contributed by atoms with van der Waals surface area (Å²) in [6, 6.07) is 3.26. The molecule has 2 rings (SSSR count). The fourth-order valence-electron chi connectivity index (χ4n) is 2.53. The number of nitrogens with zero attached hydrogens (tertiary/aromatic N) is 1. The molecular formula is C15H22FNO3. The summed E-state index contributed by atoms with van der Waals surface area (Å²) in [5.41, 5.74) is 1.93. The first-order chi connectivity index (χ1) is 9.43. The molecule has 1 aliphatic rings. The molecule has 0 radical (unpaired) electrons. The number of aryl methyl sites for hydroxylation is 1. The summed E-state index contributed by atoms with van der Waals surface area (Å²) < 4.78 is 19.2. The van der Waals surface area contributed by atoms with Crippen molar-refractivity contribution < 1.29 is 19.3 Å². The van der Waals surface area contributed by atoms with E-state index in [2.05, 4.69) is 4.90 Å². The highest BCUT2D eigenvalue weighted by molar-refractivity contribution is 5.57. The number of benzene rings is 1. The number of rotatable bonds is 3. The molecule has 0 aromatic heterocycles. The quantitative estimate of drug-likeness (QED) is 0.888. The van der Waals surface area contributed by atoms with Crippen molar-refractivity contribution in [3.05, 3.63) is 29.1 Å². The summed E-state index contributed by atoms with van der Waals surface area (Å²) in [6.45, 7) is 6.33. The number of morpholine rings is 1.